The van der Waals surface area contributed by atoms with Crippen molar-refractivity contribution in [1.82, 2.24) is 4.98 Å². The number of nitrogens with one attached hydrogen (secondary N) is 1. The summed E-state index contributed by atoms with van der Waals surface area (Å²) in [5.74, 6) is 1.29. The van der Waals surface area contributed by atoms with E-state index in [9.17, 15) is 5.11 Å². The van der Waals surface area contributed by atoms with E-state index in [0.717, 1.165) is 11.5 Å². The third-order valence-corrected chi connectivity index (χ3v) is 2.55. The highest BCUT2D eigenvalue weighted by Crippen LogP contribution is 2.21. The van der Waals surface area contributed by atoms with E-state index in [1.165, 1.54) is 0 Å². The third-order valence-electron chi connectivity index (χ3n) is 2.55. The van der Waals surface area contributed by atoms with Crippen LogP contribution in [0.25, 0.3) is 0 Å². The van der Waals surface area contributed by atoms with Crippen molar-refractivity contribution in [3.8, 4) is 0 Å². The summed E-state index contributed by atoms with van der Waals surface area (Å²) in [6.07, 6.45) is 1.55. The quantitative estimate of drug-likeness (QED) is 0.849. The predicted octanol–water partition coefficient (Wildman–Crippen LogP) is 2.30. The van der Waals surface area contributed by atoms with Crippen LogP contribution in [0.1, 0.15) is 18.4 Å². The van der Waals surface area contributed by atoms with Gasteiger partial charge in [-0.25, -0.2) is 4.98 Å². The Kier molecular flexibility index (Phi) is 3.15. The first-order valence-corrected chi connectivity index (χ1v) is 5.52. The fourth-order valence-corrected chi connectivity index (χ4v) is 1.58. The molecule has 1 unspecified atom stereocenters. The second-order valence-corrected chi connectivity index (χ2v) is 4.27. The van der Waals surface area contributed by atoms with Gasteiger partial charge in [0.25, 0.3) is 0 Å². The molecule has 2 aromatic heterocycles. The molecule has 0 saturated carbocycles. The van der Waals surface area contributed by atoms with Gasteiger partial charge in [0, 0.05) is 5.69 Å². The molecule has 0 aliphatic heterocycles. The molecule has 0 radical (unpaired) electrons. The summed E-state index contributed by atoms with van der Waals surface area (Å²) in [4.78, 5) is 4.30. The van der Waals surface area contributed by atoms with E-state index in [1.807, 2.05) is 25.1 Å². The minimum absolute atomic E-state index is 0.344. The molecule has 0 fully saturated rings. The first kappa shape index (κ1) is 11.7. The molecule has 0 aromatic carbocycles. The predicted molar refractivity (Wildman–Crippen MR) is 65.7 cm³/mol. The summed E-state index contributed by atoms with van der Waals surface area (Å²) >= 11 is 0. The van der Waals surface area contributed by atoms with Gasteiger partial charge in [-0.15, -0.1) is 0 Å². The maximum atomic E-state index is 10.2. The molecule has 17 heavy (non-hydrogen) atoms. The highest BCUT2D eigenvalue weighted by atomic mass is 16.4. The Morgan fingerprint density at radius 3 is 2.82 bits per heavy atom. The van der Waals surface area contributed by atoms with Crippen LogP contribution in [0.3, 0.4) is 0 Å². The molecule has 4 nitrogen and oxygen atoms in total. The maximum absolute atomic E-state index is 10.2. The first-order valence-electron chi connectivity index (χ1n) is 5.52. The van der Waals surface area contributed by atoms with Gasteiger partial charge in [0.2, 0.25) is 0 Å². The summed E-state index contributed by atoms with van der Waals surface area (Å²) in [6.45, 7) is 3.97. The number of furan rings is 1. The summed E-state index contributed by atoms with van der Waals surface area (Å²) in [5, 5.41) is 13.3. The fraction of sp³-hybridized carbons (Fsp3) is 0.308. The van der Waals surface area contributed by atoms with Crippen molar-refractivity contribution in [2.24, 2.45) is 0 Å². The Bertz CT molecular complexity index is 478. The Labute approximate surface area is 100 Å². The van der Waals surface area contributed by atoms with Gasteiger partial charge in [0.05, 0.1) is 12.8 Å². The van der Waals surface area contributed by atoms with E-state index in [0.29, 0.717) is 12.3 Å². The van der Waals surface area contributed by atoms with Crippen LogP contribution in [-0.2, 0) is 5.60 Å². The fourth-order valence-electron chi connectivity index (χ4n) is 1.58. The summed E-state index contributed by atoms with van der Waals surface area (Å²) < 4.78 is 5.20. The lowest BCUT2D eigenvalue weighted by atomic mass is 10.0. The second kappa shape index (κ2) is 4.59. The Morgan fingerprint density at radius 2 is 2.18 bits per heavy atom. The zero-order valence-corrected chi connectivity index (χ0v) is 9.97. The van der Waals surface area contributed by atoms with Gasteiger partial charge >= 0.3 is 0 Å². The number of anilines is 1. The van der Waals surface area contributed by atoms with Gasteiger partial charge in [0.15, 0.2) is 0 Å². The normalized spacial score (nSPS) is 14.3. The molecule has 2 heterocycles. The first-order chi connectivity index (χ1) is 8.08. The molecule has 0 aliphatic carbocycles. The number of hydrogen-bond acceptors (Lipinski definition) is 4. The van der Waals surface area contributed by atoms with Crippen LogP contribution in [0.15, 0.2) is 41.0 Å². The van der Waals surface area contributed by atoms with Gasteiger partial charge < -0.3 is 14.8 Å². The van der Waals surface area contributed by atoms with Gasteiger partial charge in [-0.1, -0.05) is 6.07 Å². The standard InChI is InChI=1S/C13H16N2O2/c1-10-5-3-7-12(15-10)14-9-13(2,16)11-6-4-8-17-11/h3-8,16H,9H2,1-2H3,(H,14,15). The van der Waals surface area contributed by atoms with E-state index in [-0.39, 0.29) is 0 Å². The molecule has 0 spiro atoms. The monoisotopic (exact) mass is 232 g/mol. The molecule has 0 amide bonds. The van der Waals surface area contributed by atoms with Crippen molar-refractivity contribution in [3.05, 3.63) is 48.0 Å². The highest BCUT2D eigenvalue weighted by molar-refractivity contribution is 5.35. The van der Waals surface area contributed by atoms with Crippen LogP contribution in [0, 0.1) is 6.92 Å². The van der Waals surface area contributed by atoms with Gasteiger partial charge in [0.1, 0.15) is 17.2 Å². The van der Waals surface area contributed by atoms with E-state index in [2.05, 4.69) is 10.3 Å². The minimum Gasteiger partial charge on any atom is -0.466 e. The molecule has 90 valence electrons. The van der Waals surface area contributed by atoms with E-state index in [1.54, 1.807) is 25.3 Å². The van der Waals surface area contributed by atoms with Crippen molar-refractivity contribution in [2.75, 3.05) is 11.9 Å². The van der Waals surface area contributed by atoms with E-state index < -0.39 is 5.60 Å². The molecular weight excluding hydrogens is 216 g/mol. The number of aryl methyl sites for hydroxylation is 1. The van der Waals surface area contributed by atoms with Crippen LogP contribution in [0.4, 0.5) is 5.82 Å². The van der Waals surface area contributed by atoms with E-state index in [4.69, 9.17) is 4.42 Å². The van der Waals surface area contributed by atoms with Crippen molar-refractivity contribution in [3.63, 3.8) is 0 Å². The van der Waals surface area contributed by atoms with Crippen LogP contribution >= 0.6 is 0 Å². The number of pyridine rings is 1. The largest absolute Gasteiger partial charge is 0.466 e. The number of aliphatic hydroxyl groups is 1. The second-order valence-electron chi connectivity index (χ2n) is 4.27. The van der Waals surface area contributed by atoms with Crippen LogP contribution in [0.2, 0.25) is 0 Å². The number of hydrogen-bond donors (Lipinski definition) is 2. The highest BCUT2D eigenvalue weighted by Gasteiger charge is 2.25. The summed E-state index contributed by atoms with van der Waals surface area (Å²) in [6, 6.07) is 9.23. The lowest BCUT2D eigenvalue weighted by Gasteiger charge is -2.21. The van der Waals surface area contributed by atoms with Crippen molar-refractivity contribution in [1.29, 1.82) is 0 Å². The van der Waals surface area contributed by atoms with Crippen LogP contribution in [-0.4, -0.2) is 16.6 Å². The molecule has 4 heteroatoms. The van der Waals surface area contributed by atoms with Crippen LogP contribution in [0.5, 0.6) is 0 Å². The SMILES string of the molecule is Cc1cccc(NCC(C)(O)c2ccco2)n1. The minimum atomic E-state index is -1.05. The zero-order valence-electron chi connectivity index (χ0n) is 9.97. The molecular formula is C13H16N2O2. The van der Waals surface area contributed by atoms with Gasteiger partial charge in [-0.05, 0) is 38.1 Å². The van der Waals surface area contributed by atoms with Gasteiger partial charge in [-0.2, -0.15) is 0 Å². The summed E-state index contributed by atoms with van der Waals surface area (Å²) in [5.41, 5.74) is -0.109. The Hall–Kier alpha value is -1.81. The lowest BCUT2D eigenvalue weighted by Crippen LogP contribution is -2.30. The van der Waals surface area contributed by atoms with Crippen molar-refractivity contribution >= 4 is 5.82 Å². The smallest absolute Gasteiger partial charge is 0.136 e. The number of rotatable bonds is 4. The number of aromatic nitrogens is 1. The molecule has 2 rings (SSSR count). The number of nitrogens with zero attached hydrogens (tertiary/aromatic N) is 1. The topological polar surface area (TPSA) is 58.3 Å². The van der Waals surface area contributed by atoms with Crippen LogP contribution < -0.4 is 5.32 Å². The maximum Gasteiger partial charge on any atom is 0.136 e. The Morgan fingerprint density at radius 1 is 1.35 bits per heavy atom. The average molecular weight is 232 g/mol. The Balaban J connectivity index is 2.03. The van der Waals surface area contributed by atoms with E-state index >= 15 is 0 Å². The van der Waals surface area contributed by atoms with Crippen molar-refractivity contribution < 1.29 is 9.52 Å². The molecule has 0 bridgehead atoms. The van der Waals surface area contributed by atoms with Gasteiger partial charge in [-0.3, -0.25) is 0 Å². The molecule has 0 saturated heterocycles. The van der Waals surface area contributed by atoms with Crippen molar-refractivity contribution in [2.45, 2.75) is 19.4 Å². The summed E-state index contributed by atoms with van der Waals surface area (Å²) in [7, 11) is 0. The lowest BCUT2D eigenvalue weighted by molar-refractivity contribution is 0.0476. The molecule has 2 aromatic rings. The molecule has 1 atom stereocenters. The zero-order chi connectivity index (χ0) is 12.3. The third kappa shape index (κ3) is 2.85. The average Bonchev–Trinajstić information content (AvgIpc) is 2.81. The molecule has 0 aliphatic rings. The molecule has 2 N–H and O–H groups in total.